The minimum absolute atomic E-state index is 0.0638. The molecule has 1 aromatic carbocycles. The Hall–Kier alpha value is -1.22. The second kappa shape index (κ2) is 10.3. The molecule has 0 aromatic heterocycles. The summed E-state index contributed by atoms with van der Waals surface area (Å²) in [5, 5.41) is 18.1. The molecule has 0 aliphatic heterocycles. The van der Waals surface area contributed by atoms with E-state index in [1.165, 1.54) is 12.1 Å². The van der Waals surface area contributed by atoms with Gasteiger partial charge in [-0.15, -0.1) is 0 Å². The van der Waals surface area contributed by atoms with E-state index in [9.17, 15) is 0 Å². The van der Waals surface area contributed by atoms with Crippen molar-refractivity contribution >= 4 is 0 Å². The van der Waals surface area contributed by atoms with Gasteiger partial charge in [0.1, 0.15) is 0 Å². The Morgan fingerprint density at radius 2 is 1.56 bits per heavy atom. The lowest BCUT2D eigenvalue weighted by atomic mass is 10.1. The summed E-state index contributed by atoms with van der Waals surface area (Å²) in [5.41, 5.74) is 6.50. The molecule has 1 aromatic rings. The number of nitrogens with two attached hydrogens (primary N) is 1. The monoisotopic (exact) mass is 227 g/mol. The Kier molecular flexibility index (Phi) is 11.1. The number of hydrogen-bond donors (Lipinski definition) is 3. The second-order valence-electron chi connectivity index (χ2n) is 3.00. The fraction of sp³-hybridized carbons (Fsp3) is 0.538. The van der Waals surface area contributed by atoms with Crippen molar-refractivity contribution in [1.82, 2.24) is 0 Å². The van der Waals surface area contributed by atoms with E-state index in [-0.39, 0.29) is 17.5 Å². The molecule has 0 fully saturated rings. The van der Waals surface area contributed by atoms with E-state index >= 15 is 0 Å². The maximum atomic E-state index is 9.12. The van der Waals surface area contributed by atoms with Crippen LogP contribution in [-0.2, 0) is 6.42 Å². The van der Waals surface area contributed by atoms with Crippen LogP contribution in [0.5, 0.6) is 11.5 Å². The number of phenolic OH excluding ortho intramolecular Hbond substituents is 2. The van der Waals surface area contributed by atoms with Crippen molar-refractivity contribution in [3.8, 4) is 11.5 Å². The van der Waals surface area contributed by atoms with Crippen molar-refractivity contribution in [3.05, 3.63) is 23.8 Å². The highest BCUT2D eigenvalue weighted by molar-refractivity contribution is 5.40. The summed E-state index contributed by atoms with van der Waals surface area (Å²) in [7, 11) is 0. The lowest BCUT2D eigenvalue weighted by Crippen LogP contribution is -2.17. The van der Waals surface area contributed by atoms with E-state index in [0.717, 1.165) is 5.56 Å². The third kappa shape index (κ3) is 7.12. The van der Waals surface area contributed by atoms with Gasteiger partial charge in [0.05, 0.1) is 0 Å². The van der Waals surface area contributed by atoms with Crippen molar-refractivity contribution in [2.24, 2.45) is 5.73 Å². The van der Waals surface area contributed by atoms with Crippen LogP contribution in [0.3, 0.4) is 0 Å². The summed E-state index contributed by atoms with van der Waals surface area (Å²) in [5.74, 6) is -0.184. The summed E-state index contributed by atoms with van der Waals surface area (Å²) in [6.07, 6.45) is 0.702. The van der Waals surface area contributed by atoms with Crippen LogP contribution in [-0.4, -0.2) is 16.3 Å². The number of rotatable bonds is 2. The van der Waals surface area contributed by atoms with Crippen molar-refractivity contribution in [3.63, 3.8) is 0 Å². The van der Waals surface area contributed by atoms with Gasteiger partial charge in [-0.25, -0.2) is 0 Å². The summed E-state index contributed by atoms with van der Waals surface area (Å²) >= 11 is 0. The average Bonchev–Trinajstić information content (AvgIpc) is 2.28. The molecule has 0 saturated carbocycles. The summed E-state index contributed by atoms with van der Waals surface area (Å²) in [6.45, 7) is 9.89. The molecule has 0 heterocycles. The van der Waals surface area contributed by atoms with Crippen LogP contribution in [0.15, 0.2) is 18.2 Å². The highest BCUT2D eigenvalue weighted by atomic mass is 16.3. The van der Waals surface area contributed by atoms with Crippen LogP contribution in [0.25, 0.3) is 0 Å². The molecule has 0 radical (unpaired) electrons. The quantitative estimate of drug-likeness (QED) is 0.680. The van der Waals surface area contributed by atoms with E-state index in [1.54, 1.807) is 6.07 Å². The molecule has 1 atom stereocenters. The second-order valence-corrected chi connectivity index (χ2v) is 3.00. The molecule has 0 spiro atoms. The smallest absolute Gasteiger partial charge is 0.157 e. The van der Waals surface area contributed by atoms with Crippen molar-refractivity contribution < 1.29 is 10.2 Å². The molecule has 3 nitrogen and oxygen atoms in total. The van der Waals surface area contributed by atoms with E-state index in [2.05, 4.69) is 0 Å². The largest absolute Gasteiger partial charge is 0.504 e. The Labute approximate surface area is 98.9 Å². The number of benzene rings is 1. The van der Waals surface area contributed by atoms with Crippen LogP contribution in [0, 0.1) is 0 Å². The van der Waals surface area contributed by atoms with Gasteiger partial charge < -0.3 is 15.9 Å². The third-order valence-electron chi connectivity index (χ3n) is 1.60. The van der Waals surface area contributed by atoms with Gasteiger partial charge in [-0.1, -0.05) is 33.8 Å². The van der Waals surface area contributed by atoms with Crippen LogP contribution >= 0.6 is 0 Å². The molecule has 1 rings (SSSR count). The summed E-state index contributed by atoms with van der Waals surface area (Å²) in [4.78, 5) is 0. The molecule has 94 valence electrons. The van der Waals surface area contributed by atoms with Gasteiger partial charge in [-0.3, -0.25) is 0 Å². The number of phenols is 2. The maximum Gasteiger partial charge on any atom is 0.157 e. The number of aromatic hydroxyl groups is 2. The first kappa shape index (κ1) is 17.2. The molecule has 4 N–H and O–H groups in total. The Morgan fingerprint density at radius 3 is 1.94 bits per heavy atom. The van der Waals surface area contributed by atoms with Gasteiger partial charge in [0.2, 0.25) is 0 Å². The maximum absolute atomic E-state index is 9.12. The first-order valence-corrected chi connectivity index (χ1v) is 5.86. The van der Waals surface area contributed by atoms with E-state index in [0.29, 0.717) is 6.42 Å². The molecule has 0 saturated heterocycles. The molecule has 1 unspecified atom stereocenters. The van der Waals surface area contributed by atoms with Crippen molar-refractivity contribution in [2.45, 2.75) is 47.1 Å². The normalized spacial score (nSPS) is 10.4. The fourth-order valence-electron chi connectivity index (χ4n) is 1.07. The van der Waals surface area contributed by atoms with E-state index in [1.807, 2.05) is 34.6 Å². The van der Waals surface area contributed by atoms with Crippen molar-refractivity contribution in [1.29, 1.82) is 0 Å². The molecule has 0 aliphatic carbocycles. The zero-order valence-corrected chi connectivity index (χ0v) is 11.0. The highest BCUT2D eigenvalue weighted by Crippen LogP contribution is 2.25. The lowest BCUT2D eigenvalue weighted by Gasteiger charge is -2.05. The first-order valence-electron chi connectivity index (χ1n) is 5.86. The molecule has 0 bridgehead atoms. The van der Waals surface area contributed by atoms with Gasteiger partial charge in [0.25, 0.3) is 0 Å². The predicted octanol–water partition coefficient (Wildman–Crippen LogP) is 3.04. The van der Waals surface area contributed by atoms with E-state index in [4.69, 9.17) is 15.9 Å². The van der Waals surface area contributed by atoms with Gasteiger partial charge in [0.15, 0.2) is 11.5 Å². The van der Waals surface area contributed by atoms with Crippen LogP contribution in [0.2, 0.25) is 0 Å². The molecule has 3 heteroatoms. The van der Waals surface area contributed by atoms with Crippen LogP contribution in [0.1, 0.15) is 40.2 Å². The fourth-order valence-corrected chi connectivity index (χ4v) is 1.07. The minimum atomic E-state index is -0.0941. The Balaban J connectivity index is 0. The molecular weight excluding hydrogens is 202 g/mol. The number of hydrogen-bond acceptors (Lipinski definition) is 3. The predicted molar refractivity (Wildman–Crippen MR) is 69.8 cm³/mol. The van der Waals surface area contributed by atoms with Crippen LogP contribution < -0.4 is 5.73 Å². The Morgan fingerprint density at radius 1 is 1.06 bits per heavy atom. The minimum Gasteiger partial charge on any atom is -0.504 e. The lowest BCUT2D eigenvalue weighted by molar-refractivity contribution is 0.403. The molecule has 16 heavy (non-hydrogen) atoms. The first-order chi connectivity index (χ1) is 7.59. The molecule has 0 amide bonds. The summed E-state index contributed by atoms with van der Waals surface area (Å²) in [6, 6.07) is 4.80. The highest BCUT2D eigenvalue weighted by Gasteiger charge is 2.02. The molecular formula is C13H25NO2. The van der Waals surface area contributed by atoms with E-state index < -0.39 is 0 Å². The standard InChI is InChI=1S/C9H13NO2.2C2H6/c1-6(10)4-7-2-3-8(11)9(12)5-7;2*1-2/h2-3,5-6,11-12H,4,10H2,1H3;2*1-2H3. The van der Waals surface area contributed by atoms with Gasteiger partial charge in [0, 0.05) is 6.04 Å². The Bertz CT molecular complexity index is 273. The van der Waals surface area contributed by atoms with Crippen LogP contribution in [0.4, 0.5) is 0 Å². The SMILES string of the molecule is CC.CC.CC(N)Cc1ccc(O)c(O)c1. The third-order valence-corrected chi connectivity index (χ3v) is 1.60. The zero-order valence-electron chi connectivity index (χ0n) is 11.0. The molecule has 0 aliphatic rings. The average molecular weight is 227 g/mol. The summed E-state index contributed by atoms with van der Waals surface area (Å²) < 4.78 is 0. The van der Waals surface area contributed by atoms with Gasteiger partial charge in [-0.2, -0.15) is 0 Å². The van der Waals surface area contributed by atoms with Gasteiger partial charge >= 0.3 is 0 Å². The van der Waals surface area contributed by atoms with Crippen molar-refractivity contribution in [2.75, 3.05) is 0 Å². The topological polar surface area (TPSA) is 66.5 Å². The van der Waals surface area contributed by atoms with Gasteiger partial charge in [-0.05, 0) is 31.0 Å². The zero-order chi connectivity index (χ0) is 13.1.